The molecule has 7 heteroatoms. The molecule has 0 atom stereocenters. The molecule has 1 aromatic heterocycles. The minimum atomic E-state index is -0.286. The Morgan fingerprint density at radius 1 is 1.14 bits per heavy atom. The van der Waals surface area contributed by atoms with E-state index in [0.29, 0.717) is 14.9 Å². The highest BCUT2D eigenvalue weighted by Gasteiger charge is 2.09. The third-order valence-corrected chi connectivity index (χ3v) is 4.10. The van der Waals surface area contributed by atoms with Crippen LogP contribution in [0.4, 0.5) is 0 Å². The lowest BCUT2D eigenvalue weighted by Gasteiger charge is -2.08. The highest BCUT2D eigenvalue weighted by molar-refractivity contribution is 7.12. The summed E-state index contributed by atoms with van der Waals surface area (Å²) >= 11 is 13.1. The number of carbonyl (C=O) groups excluding carboxylic acids is 2. The smallest absolute Gasteiger partial charge is 0.261 e. The summed E-state index contributed by atoms with van der Waals surface area (Å²) in [5, 5.41) is 8.07. The lowest BCUT2D eigenvalue weighted by Crippen LogP contribution is -2.36. The molecule has 21 heavy (non-hydrogen) atoms. The van der Waals surface area contributed by atoms with E-state index in [0.717, 1.165) is 5.56 Å². The van der Waals surface area contributed by atoms with Crippen molar-refractivity contribution in [2.24, 2.45) is 0 Å². The maximum atomic E-state index is 11.7. The van der Waals surface area contributed by atoms with Crippen molar-refractivity contribution in [3.05, 3.63) is 56.2 Å². The van der Waals surface area contributed by atoms with E-state index in [1.807, 2.05) is 0 Å². The molecule has 0 bridgehead atoms. The van der Waals surface area contributed by atoms with Gasteiger partial charge in [0.25, 0.3) is 5.91 Å². The Hall–Kier alpha value is -1.56. The van der Waals surface area contributed by atoms with Crippen LogP contribution in [0.15, 0.2) is 35.7 Å². The quantitative estimate of drug-likeness (QED) is 0.877. The molecule has 1 heterocycles. The third kappa shape index (κ3) is 4.74. The second kappa shape index (κ2) is 7.45. The van der Waals surface area contributed by atoms with Gasteiger partial charge in [-0.15, -0.1) is 11.3 Å². The van der Waals surface area contributed by atoms with E-state index >= 15 is 0 Å². The molecule has 2 amide bonds. The Morgan fingerprint density at radius 3 is 2.62 bits per heavy atom. The van der Waals surface area contributed by atoms with Gasteiger partial charge in [-0.2, -0.15) is 0 Å². The van der Waals surface area contributed by atoms with E-state index in [4.69, 9.17) is 23.2 Å². The van der Waals surface area contributed by atoms with Crippen molar-refractivity contribution in [1.82, 2.24) is 10.6 Å². The molecule has 2 rings (SSSR count). The maximum absolute atomic E-state index is 11.7. The van der Waals surface area contributed by atoms with E-state index in [9.17, 15) is 9.59 Å². The number of carbonyl (C=O) groups is 2. The summed E-state index contributed by atoms with van der Waals surface area (Å²) in [5.41, 5.74) is 0.763. The Bertz CT molecular complexity index is 644. The van der Waals surface area contributed by atoms with Crippen molar-refractivity contribution >= 4 is 46.4 Å². The Balaban J connectivity index is 1.78. The lowest BCUT2D eigenvalue weighted by atomic mass is 10.2. The van der Waals surface area contributed by atoms with Gasteiger partial charge in [0.15, 0.2) is 0 Å². The lowest BCUT2D eigenvalue weighted by molar-refractivity contribution is -0.120. The molecule has 0 saturated heterocycles. The maximum Gasteiger partial charge on any atom is 0.261 e. The van der Waals surface area contributed by atoms with Crippen molar-refractivity contribution in [3.63, 3.8) is 0 Å². The molecule has 0 unspecified atom stereocenters. The molecule has 4 nitrogen and oxygen atoms in total. The number of amides is 2. The Kier molecular flexibility index (Phi) is 5.61. The van der Waals surface area contributed by atoms with Crippen molar-refractivity contribution < 1.29 is 9.59 Å². The van der Waals surface area contributed by atoms with Crippen LogP contribution in [0.2, 0.25) is 10.0 Å². The summed E-state index contributed by atoms with van der Waals surface area (Å²) in [6.45, 7) is 0.200. The van der Waals surface area contributed by atoms with Crippen molar-refractivity contribution in [1.29, 1.82) is 0 Å². The van der Waals surface area contributed by atoms with Crippen molar-refractivity contribution in [2.75, 3.05) is 6.54 Å². The second-order valence-corrected chi connectivity index (χ2v) is 5.96. The predicted molar refractivity (Wildman–Crippen MR) is 85.0 cm³/mol. The molecule has 0 spiro atoms. The fourth-order valence-corrected chi connectivity index (χ4v) is 2.69. The highest BCUT2D eigenvalue weighted by atomic mass is 35.5. The van der Waals surface area contributed by atoms with Crippen LogP contribution in [0.1, 0.15) is 15.2 Å². The van der Waals surface area contributed by atoms with Gasteiger partial charge in [0.05, 0.1) is 11.4 Å². The Morgan fingerprint density at radius 2 is 1.95 bits per heavy atom. The van der Waals surface area contributed by atoms with E-state index < -0.39 is 0 Å². The first kappa shape index (κ1) is 15.8. The summed E-state index contributed by atoms with van der Waals surface area (Å²) in [5.74, 6) is -0.546. The molecular weight excluding hydrogens is 331 g/mol. The molecule has 0 saturated carbocycles. The molecule has 110 valence electrons. The normalized spacial score (nSPS) is 10.2. The monoisotopic (exact) mass is 342 g/mol. The van der Waals surface area contributed by atoms with Crippen LogP contribution in [-0.4, -0.2) is 18.4 Å². The average molecular weight is 343 g/mol. The fourth-order valence-electron chi connectivity index (χ4n) is 1.58. The number of hydrogen-bond donors (Lipinski definition) is 2. The second-order valence-electron chi connectivity index (χ2n) is 4.17. The molecule has 0 fully saturated rings. The van der Waals surface area contributed by atoms with Crippen LogP contribution in [0.5, 0.6) is 0 Å². The van der Waals surface area contributed by atoms with Crippen LogP contribution >= 0.6 is 34.5 Å². The van der Waals surface area contributed by atoms with Gasteiger partial charge in [-0.05, 0) is 29.1 Å². The molecule has 0 aliphatic carbocycles. The number of benzene rings is 1. The molecular formula is C14H12Cl2N2O2S. The minimum absolute atomic E-state index is 0.0814. The fraction of sp³-hybridized carbons (Fsp3) is 0.143. The number of nitrogens with one attached hydrogen (secondary N) is 2. The summed E-state index contributed by atoms with van der Waals surface area (Å²) in [6.07, 6.45) is 0. The zero-order valence-corrected chi connectivity index (χ0v) is 13.2. The molecule has 2 N–H and O–H groups in total. The van der Waals surface area contributed by atoms with E-state index in [-0.39, 0.29) is 24.9 Å². The van der Waals surface area contributed by atoms with Gasteiger partial charge in [0.2, 0.25) is 5.91 Å². The van der Waals surface area contributed by atoms with Gasteiger partial charge in [-0.1, -0.05) is 35.3 Å². The van der Waals surface area contributed by atoms with Gasteiger partial charge in [-0.25, -0.2) is 0 Å². The van der Waals surface area contributed by atoms with Gasteiger partial charge in [-0.3, -0.25) is 9.59 Å². The van der Waals surface area contributed by atoms with Gasteiger partial charge in [0, 0.05) is 16.6 Å². The molecule has 1 aromatic carbocycles. The Labute approximate surface area is 136 Å². The average Bonchev–Trinajstić information content (AvgIpc) is 2.98. The van der Waals surface area contributed by atoms with Crippen molar-refractivity contribution in [2.45, 2.75) is 6.54 Å². The summed E-state index contributed by atoms with van der Waals surface area (Å²) in [4.78, 5) is 23.9. The molecule has 0 aliphatic rings. The highest BCUT2D eigenvalue weighted by Crippen LogP contribution is 2.20. The van der Waals surface area contributed by atoms with E-state index in [1.165, 1.54) is 11.3 Å². The van der Waals surface area contributed by atoms with Crippen LogP contribution in [-0.2, 0) is 11.3 Å². The topological polar surface area (TPSA) is 58.2 Å². The van der Waals surface area contributed by atoms with Crippen molar-refractivity contribution in [3.8, 4) is 0 Å². The number of hydrogen-bond acceptors (Lipinski definition) is 3. The summed E-state index contributed by atoms with van der Waals surface area (Å²) < 4.78 is 0. The zero-order chi connectivity index (χ0) is 15.2. The predicted octanol–water partition coefficient (Wildman–Crippen LogP) is 3.10. The first-order chi connectivity index (χ1) is 10.1. The summed E-state index contributed by atoms with van der Waals surface area (Å²) in [7, 11) is 0. The standard InChI is InChI=1S/C14H12Cl2N2O2S/c15-10-4-3-9(11(16)6-10)7-17-13(19)8-18-14(20)12-2-1-5-21-12/h1-6H,7-8H2,(H,17,19)(H,18,20). The summed E-state index contributed by atoms with van der Waals surface area (Å²) in [6, 6.07) is 8.54. The number of thiophene rings is 1. The van der Waals surface area contributed by atoms with E-state index in [2.05, 4.69) is 10.6 Å². The molecule has 0 aliphatic heterocycles. The van der Waals surface area contributed by atoms with Crippen LogP contribution in [0, 0.1) is 0 Å². The largest absolute Gasteiger partial charge is 0.350 e. The third-order valence-electron chi connectivity index (χ3n) is 2.65. The van der Waals surface area contributed by atoms with E-state index in [1.54, 1.807) is 35.7 Å². The number of rotatable bonds is 5. The first-order valence-corrected chi connectivity index (χ1v) is 7.72. The van der Waals surface area contributed by atoms with Gasteiger partial charge < -0.3 is 10.6 Å². The number of halogens is 2. The minimum Gasteiger partial charge on any atom is -0.350 e. The van der Waals surface area contributed by atoms with Crippen LogP contribution in [0.3, 0.4) is 0 Å². The van der Waals surface area contributed by atoms with Gasteiger partial charge in [0.1, 0.15) is 0 Å². The van der Waals surface area contributed by atoms with Gasteiger partial charge >= 0.3 is 0 Å². The van der Waals surface area contributed by atoms with Crippen LogP contribution < -0.4 is 10.6 Å². The SMILES string of the molecule is O=C(CNC(=O)c1cccs1)NCc1ccc(Cl)cc1Cl. The van der Waals surface area contributed by atoms with Crippen LogP contribution in [0.25, 0.3) is 0 Å². The zero-order valence-electron chi connectivity index (χ0n) is 10.9. The molecule has 2 aromatic rings. The molecule has 0 radical (unpaired) electrons. The first-order valence-electron chi connectivity index (χ1n) is 6.08.